The van der Waals surface area contributed by atoms with Crippen LogP contribution in [-0.2, 0) is 0 Å². The summed E-state index contributed by atoms with van der Waals surface area (Å²) in [5.41, 5.74) is 4.57. The summed E-state index contributed by atoms with van der Waals surface area (Å²) in [4.78, 5) is 0. The standard InChI is InChI=1S/C20H26N2O/c1-13-10-19(22-15(3)11-14(2)21-22)18(12-20(23)16(13)4)17-8-6-5-7-9-17/h5-9,11-13,16,19-20,23H,10H2,1-4H3. The maximum absolute atomic E-state index is 10.6. The molecule has 3 heteroatoms. The largest absolute Gasteiger partial charge is 0.389 e. The Hall–Kier alpha value is -1.87. The summed E-state index contributed by atoms with van der Waals surface area (Å²) in [6.45, 7) is 8.51. The minimum absolute atomic E-state index is 0.167. The van der Waals surface area contributed by atoms with Crippen LogP contribution in [0.1, 0.15) is 43.3 Å². The van der Waals surface area contributed by atoms with Crippen molar-refractivity contribution in [1.82, 2.24) is 9.78 Å². The smallest absolute Gasteiger partial charge is 0.0777 e. The second-order valence-corrected chi connectivity index (χ2v) is 6.94. The molecule has 3 nitrogen and oxygen atoms in total. The molecule has 0 radical (unpaired) electrons. The van der Waals surface area contributed by atoms with Crippen LogP contribution in [0.15, 0.2) is 42.5 Å². The van der Waals surface area contributed by atoms with Gasteiger partial charge in [-0.15, -0.1) is 0 Å². The summed E-state index contributed by atoms with van der Waals surface area (Å²) in [6, 6.07) is 12.7. The number of benzene rings is 1. The minimum atomic E-state index is -0.415. The van der Waals surface area contributed by atoms with Gasteiger partial charge in [0.2, 0.25) is 0 Å². The molecule has 4 unspecified atom stereocenters. The van der Waals surface area contributed by atoms with Crippen LogP contribution >= 0.6 is 0 Å². The number of hydrogen-bond acceptors (Lipinski definition) is 2. The van der Waals surface area contributed by atoms with Crippen LogP contribution in [0.25, 0.3) is 5.57 Å². The third-order valence-corrected chi connectivity index (χ3v) is 5.19. The highest BCUT2D eigenvalue weighted by Gasteiger charge is 2.31. The van der Waals surface area contributed by atoms with Crippen LogP contribution in [0.4, 0.5) is 0 Å². The Morgan fingerprint density at radius 3 is 2.43 bits per heavy atom. The lowest BCUT2D eigenvalue weighted by Crippen LogP contribution is -2.21. The van der Waals surface area contributed by atoms with Crippen LogP contribution in [0.2, 0.25) is 0 Å². The first-order valence-electron chi connectivity index (χ1n) is 8.45. The minimum Gasteiger partial charge on any atom is -0.389 e. The van der Waals surface area contributed by atoms with Gasteiger partial charge in [0, 0.05) is 5.69 Å². The van der Waals surface area contributed by atoms with E-state index in [0.29, 0.717) is 5.92 Å². The third-order valence-electron chi connectivity index (χ3n) is 5.19. The van der Waals surface area contributed by atoms with E-state index in [1.54, 1.807) is 0 Å². The van der Waals surface area contributed by atoms with E-state index < -0.39 is 6.10 Å². The molecule has 1 aliphatic rings. The highest BCUT2D eigenvalue weighted by molar-refractivity contribution is 5.69. The second kappa shape index (κ2) is 6.32. The molecule has 0 spiro atoms. The molecule has 0 amide bonds. The van der Waals surface area contributed by atoms with Gasteiger partial charge in [0.15, 0.2) is 0 Å². The fraction of sp³-hybridized carbons (Fsp3) is 0.450. The Labute approximate surface area is 138 Å². The summed E-state index contributed by atoms with van der Waals surface area (Å²) >= 11 is 0. The number of allylic oxidation sites excluding steroid dienone is 1. The molecule has 23 heavy (non-hydrogen) atoms. The summed E-state index contributed by atoms with van der Waals surface area (Å²) in [5.74, 6) is 0.673. The molecule has 1 aromatic carbocycles. The van der Waals surface area contributed by atoms with Gasteiger partial charge in [0.05, 0.1) is 17.8 Å². The Balaban J connectivity index is 2.12. The third kappa shape index (κ3) is 3.11. The highest BCUT2D eigenvalue weighted by atomic mass is 16.3. The zero-order valence-corrected chi connectivity index (χ0v) is 14.4. The lowest BCUT2D eigenvalue weighted by atomic mass is 9.88. The number of aromatic nitrogens is 2. The zero-order valence-electron chi connectivity index (χ0n) is 14.4. The molecule has 1 N–H and O–H groups in total. The monoisotopic (exact) mass is 310 g/mol. The molecule has 0 bridgehead atoms. The van der Waals surface area contributed by atoms with E-state index in [2.05, 4.69) is 55.8 Å². The van der Waals surface area contributed by atoms with E-state index in [-0.39, 0.29) is 12.0 Å². The van der Waals surface area contributed by atoms with Crippen LogP contribution in [0, 0.1) is 25.7 Å². The van der Waals surface area contributed by atoms with Gasteiger partial charge in [0.25, 0.3) is 0 Å². The van der Waals surface area contributed by atoms with Crippen LogP contribution < -0.4 is 0 Å². The number of hydrogen-bond donors (Lipinski definition) is 1. The molecule has 0 aliphatic heterocycles. The molecule has 4 atom stereocenters. The van der Waals surface area contributed by atoms with Gasteiger partial charge in [-0.05, 0) is 55.4 Å². The highest BCUT2D eigenvalue weighted by Crippen LogP contribution is 2.40. The number of aliphatic hydroxyl groups excluding tert-OH is 1. The Bertz CT molecular complexity index is 702. The number of rotatable bonds is 2. The molecule has 0 saturated heterocycles. The van der Waals surface area contributed by atoms with Gasteiger partial charge >= 0.3 is 0 Å². The van der Waals surface area contributed by atoms with Gasteiger partial charge in [-0.25, -0.2) is 0 Å². The van der Waals surface area contributed by atoms with E-state index >= 15 is 0 Å². The van der Waals surface area contributed by atoms with Crippen LogP contribution in [0.5, 0.6) is 0 Å². The molecule has 122 valence electrons. The van der Waals surface area contributed by atoms with Crippen molar-refractivity contribution >= 4 is 5.57 Å². The van der Waals surface area contributed by atoms with Gasteiger partial charge < -0.3 is 5.11 Å². The van der Waals surface area contributed by atoms with Crippen molar-refractivity contribution in [2.24, 2.45) is 11.8 Å². The molecular formula is C20H26N2O. The maximum Gasteiger partial charge on any atom is 0.0777 e. The van der Waals surface area contributed by atoms with Gasteiger partial charge in [-0.2, -0.15) is 5.10 Å². The average molecular weight is 310 g/mol. The van der Waals surface area contributed by atoms with Gasteiger partial charge in [-0.3, -0.25) is 4.68 Å². The summed E-state index contributed by atoms with van der Waals surface area (Å²) in [6.07, 6.45) is 2.62. The second-order valence-electron chi connectivity index (χ2n) is 6.94. The molecule has 0 saturated carbocycles. The van der Waals surface area contributed by atoms with Crippen LogP contribution in [0.3, 0.4) is 0 Å². The number of aliphatic hydroxyl groups is 1. The summed E-state index contributed by atoms with van der Waals surface area (Å²) < 4.78 is 2.13. The van der Waals surface area contributed by atoms with E-state index in [4.69, 9.17) is 5.10 Å². The predicted octanol–water partition coefficient (Wildman–Crippen LogP) is 4.16. The molecule has 0 fully saturated rings. The van der Waals surface area contributed by atoms with E-state index in [1.165, 1.54) is 16.8 Å². The molecule has 1 heterocycles. The molecule has 1 aliphatic carbocycles. The predicted molar refractivity (Wildman–Crippen MR) is 94.1 cm³/mol. The van der Waals surface area contributed by atoms with Crippen molar-refractivity contribution in [3.63, 3.8) is 0 Å². The first-order chi connectivity index (χ1) is 11.0. The normalized spacial score (nSPS) is 28.3. The molecular weight excluding hydrogens is 284 g/mol. The fourth-order valence-corrected chi connectivity index (χ4v) is 3.59. The number of aryl methyl sites for hydroxylation is 2. The quantitative estimate of drug-likeness (QED) is 0.904. The Kier molecular flexibility index (Phi) is 4.40. The average Bonchev–Trinajstić information content (AvgIpc) is 2.83. The molecule has 1 aromatic heterocycles. The summed E-state index contributed by atoms with van der Waals surface area (Å²) in [5, 5.41) is 15.3. The van der Waals surface area contributed by atoms with E-state index in [9.17, 15) is 5.11 Å². The molecule has 3 rings (SSSR count). The first-order valence-corrected chi connectivity index (χ1v) is 8.45. The first kappa shape index (κ1) is 16.0. The van der Waals surface area contributed by atoms with E-state index in [1.807, 2.05) is 19.1 Å². The lowest BCUT2D eigenvalue weighted by Gasteiger charge is -2.25. The van der Waals surface area contributed by atoms with Crippen molar-refractivity contribution < 1.29 is 5.11 Å². The van der Waals surface area contributed by atoms with Crippen LogP contribution in [-0.4, -0.2) is 21.0 Å². The van der Waals surface area contributed by atoms with Crippen molar-refractivity contribution in [2.75, 3.05) is 0 Å². The van der Waals surface area contributed by atoms with E-state index in [0.717, 1.165) is 12.1 Å². The van der Waals surface area contributed by atoms with Crippen molar-refractivity contribution in [3.8, 4) is 0 Å². The van der Waals surface area contributed by atoms with Crippen molar-refractivity contribution in [3.05, 3.63) is 59.4 Å². The Morgan fingerprint density at radius 1 is 1.13 bits per heavy atom. The molecule has 2 aromatic rings. The topological polar surface area (TPSA) is 38.0 Å². The fourth-order valence-electron chi connectivity index (χ4n) is 3.59. The number of nitrogens with zero attached hydrogens (tertiary/aromatic N) is 2. The van der Waals surface area contributed by atoms with Gasteiger partial charge in [0.1, 0.15) is 0 Å². The SMILES string of the molecule is Cc1cc(C)n(C2CC(C)C(C)C(O)C=C2c2ccccc2)n1. The summed E-state index contributed by atoms with van der Waals surface area (Å²) in [7, 11) is 0. The lowest BCUT2D eigenvalue weighted by molar-refractivity contribution is 0.126. The van der Waals surface area contributed by atoms with Crippen molar-refractivity contribution in [1.29, 1.82) is 0 Å². The zero-order chi connectivity index (χ0) is 16.6. The van der Waals surface area contributed by atoms with Crippen molar-refractivity contribution in [2.45, 2.75) is 46.3 Å². The van der Waals surface area contributed by atoms with Gasteiger partial charge in [-0.1, -0.05) is 44.2 Å². The maximum atomic E-state index is 10.6. The Morgan fingerprint density at radius 2 is 1.83 bits per heavy atom.